The van der Waals surface area contributed by atoms with Crippen LogP contribution in [0.3, 0.4) is 0 Å². The number of aromatic nitrogens is 3. The van der Waals surface area contributed by atoms with Crippen LogP contribution in [0.15, 0.2) is 52.4 Å². The predicted octanol–water partition coefficient (Wildman–Crippen LogP) is 5.38. The minimum Gasteiger partial charge on any atom is -0.494 e. The average molecular weight is 488 g/mol. The van der Waals surface area contributed by atoms with Gasteiger partial charge in [-0.3, -0.25) is 0 Å². The molecule has 0 radical (unpaired) electrons. The number of thiazole rings is 1. The molecule has 0 fully saturated rings. The number of sulfone groups is 1. The molecule has 0 saturated heterocycles. The van der Waals surface area contributed by atoms with Crippen LogP contribution >= 0.6 is 11.3 Å². The summed E-state index contributed by atoms with van der Waals surface area (Å²) in [5.41, 5.74) is 2.23. The quantitative estimate of drug-likeness (QED) is 0.329. The Kier molecular flexibility index (Phi) is 6.57. The smallest absolute Gasteiger partial charge is 0.245 e. The Labute approximate surface area is 195 Å². The molecule has 2 aromatic carbocycles. The second-order valence-electron chi connectivity index (χ2n) is 7.47. The minimum atomic E-state index is -3.68. The van der Waals surface area contributed by atoms with Crippen molar-refractivity contribution in [1.29, 1.82) is 0 Å². The second-order valence-corrected chi connectivity index (χ2v) is 10.7. The van der Waals surface area contributed by atoms with Gasteiger partial charge in [-0.15, -0.1) is 11.3 Å². The van der Waals surface area contributed by atoms with Gasteiger partial charge in [0.1, 0.15) is 21.8 Å². The van der Waals surface area contributed by atoms with E-state index in [0.29, 0.717) is 23.4 Å². The summed E-state index contributed by atoms with van der Waals surface area (Å²) in [6, 6.07) is 12.0. The number of halogens is 1. The number of benzene rings is 2. The number of ether oxygens (including phenoxy) is 1. The monoisotopic (exact) mass is 487 g/mol. The fourth-order valence-electron chi connectivity index (χ4n) is 3.10. The first-order valence-electron chi connectivity index (χ1n) is 10.3. The molecule has 2 heterocycles. The van der Waals surface area contributed by atoms with Gasteiger partial charge in [0.05, 0.1) is 18.1 Å². The molecule has 2 aromatic heterocycles. The van der Waals surface area contributed by atoms with Gasteiger partial charge in [0.2, 0.25) is 11.7 Å². The van der Waals surface area contributed by atoms with Gasteiger partial charge in [-0.1, -0.05) is 17.3 Å². The number of hydrogen-bond acceptors (Lipinski definition) is 8. The van der Waals surface area contributed by atoms with Gasteiger partial charge >= 0.3 is 0 Å². The predicted molar refractivity (Wildman–Crippen MR) is 124 cm³/mol. The Balaban J connectivity index is 1.49. The van der Waals surface area contributed by atoms with Crippen molar-refractivity contribution in [2.24, 2.45) is 0 Å². The van der Waals surface area contributed by atoms with E-state index in [1.165, 1.54) is 24.3 Å². The number of hydrogen-bond donors (Lipinski definition) is 0. The summed E-state index contributed by atoms with van der Waals surface area (Å²) in [5, 5.41) is 5.23. The Hall–Kier alpha value is -3.11. The van der Waals surface area contributed by atoms with Gasteiger partial charge in [0, 0.05) is 16.5 Å². The molecule has 10 heteroatoms. The highest BCUT2D eigenvalue weighted by Crippen LogP contribution is 2.30. The van der Waals surface area contributed by atoms with Crippen molar-refractivity contribution < 1.29 is 22.1 Å². The van der Waals surface area contributed by atoms with E-state index in [4.69, 9.17) is 9.26 Å². The lowest BCUT2D eigenvalue weighted by Crippen LogP contribution is -2.13. The Morgan fingerprint density at radius 1 is 1.12 bits per heavy atom. The Bertz CT molecular complexity index is 1360. The highest BCUT2D eigenvalue weighted by atomic mass is 32.2. The maximum absolute atomic E-state index is 13.8. The van der Waals surface area contributed by atoms with E-state index in [0.717, 1.165) is 16.3 Å². The summed E-state index contributed by atoms with van der Waals surface area (Å²) in [5.74, 6) is 0.192. The maximum Gasteiger partial charge on any atom is 0.245 e. The lowest BCUT2D eigenvalue weighted by atomic mass is 10.1. The molecule has 4 aromatic rings. The highest BCUT2D eigenvalue weighted by molar-refractivity contribution is 7.90. The van der Waals surface area contributed by atoms with Gasteiger partial charge in [-0.25, -0.2) is 17.8 Å². The zero-order valence-electron chi connectivity index (χ0n) is 18.3. The lowest BCUT2D eigenvalue weighted by Gasteiger charge is -2.07. The van der Waals surface area contributed by atoms with Crippen molar-refractivity contribution in [3.05, 3.63) is 70.8 Å². The van der Waals surface area contributed by atoms with E-state index < -0.39 is 20.9 Å². The van der Waals surface area contributed by atoms with Crippen molar-refractivity contribution in [2.75, 3.05) is 6.61 Å². The average Bonchev–Trinajstić information content (AvgIpc) is 3.46. The standard InChI is InChI=1S/C23H22FN3O4S2/c1-4-30-19-9-7-16(8-10-19)23-25-18(12-32-23)13-33(28,29)15(3)22-26-21(27-31-22)17-6-5-14(2)20(24)11-17/h5-12,15H,4,13H2,1-3H3. The topological polar surface area (TPSA) is 95.2 Å². The Morgan fingerprint density at radius 3 is 2.55 bits per heavy atom. The molecule has 0 N–H and O–H groups in total. The zero-order valence-corrected chi connectivity index (χ0v) is 19.9. The van der Waals surface area contributed by atoms with Crippen LogP contribution < -0.4 is 4.74 Å². The van der Waals surface area contributed by atoms with Crippen LogP contribution in [0, 0.1) is 12.7 Å². The first kappa shape index (κ1) is 23.1. The molecular weight excluding hydrogens is 465 g/mol. The maximum atomic E-state index is 13.8. The normalized spacial score (nSPS) is 12.6. The first-order valence-corrected chi connectivity index (χ1v) is 12.9. The van der Waals surface area contributed by atoms with E-state index in [-0.39, 0.29) is 17.5 Å². The van der Waals surface area contributed by atoms with Crippen molar-refractivity contribution in [3.8, 4) is 27.7 Å². The molecule has 4 rings (SSSR count). The molecule has 1 atom stereocenters. The van der Waals surface area contributed by atoms with Crippen LogP contribution in [0.4, 0.5) is 4.39 Å². The van der Waals surface area contributed by atoms with E-state index in [1.807, 2.05) is 31.2 Å². The molecule has 0 aliphatic carbocycles. The second kappa shape index (κ2) is 9.40. The summed E-state index contributed by atoms with van der Waals surface area (Å²) in [6.07, 6.45) is 0. The van der Waals surface area contributed by atoms with Crippen LogP contribution in [-0.2, 0) is 15.6 Å². The van der Waals surface area contributed by atoms with Gasteiger partial charge < -0.3 is 9.26 Å². The summed E-state index contributed by atoms with van der Waals surface area (Å²) in [6.45, 7) is 5.64. The van der Waals surface area contributed by atoms with Gasteiger partial charge in [-0.05, 0) is 56.7 Å². The summed E-state index contributed by atoms with van der Waals surface area (Å²) >= 11 is 1.37. The van der Waals surface area contributed by atoms with E-state index in [9.17, 15) is 12.8 Å². The lowest BCUT2D eigenvalue weighted by molar-refractivity contribution is 0.340. The fourth-order valence-corrected chi connectivity index (χ4v) is 5.24. The zero-order chi connectivity index (χ0) is 23.6. The van der Waals surface area contributed by atoms with Crippen molar-refractivity contribution in [1.82, 2.24) is 15.1 Å². The van der Waals surface area contributed by atoms with Crippen LogP contribution in [0.1, 0.15) is 36.2 Å². The number of nitrogens with zero attached hydrogens (tertiary/aromatic N) is 3. The molecule has 0 bridgehead atoms. The van der Waals surface area contributed by atoms with Gasteiger partial charge in [-0.2, -0.15) is 4.98 Å². The molecule has 0 aliphatic rings. The van der Waals surface area contributed by atoms with Crippen molar-refractivity contribution in [3.63, 3.8) is 0 Å². The van der Waals surface area contributed by atoms with E-state index in [2.05, 4.69) is 15.1 Å². The Morgan fingerprint density at radius 2 is 1.85 bits per heavy atom. The first-order chi connectivity index (χ1) is 15.8. The largest absolute Gasteiger partial charge is 0.494 e. The molecule has 0 saturated carbocycles. The van der Waals surface area contributed by atoms with Crippen LogP contribution in [-0.4, -0.2) is 30.1 Å². The van der Waals surface area contributed by atoms with Crippen molar-refractivity contribution in [2.45, 2.75) is 31.8 Å². The molecule has 0 amide bonds. The van der Waals surface area contributed by atoms with Gasteiger partial charge in [0.15, 0.2) is 9.84 Å². The third kappa shape index (κ3) is 5.12. The molecule has 1 unspecified atom stereocenters. The molecule has 0 spiro atoms. The third-order valence-electron chi connectivity index (χ3n) is 5.07. The summed E-state index contributed by atoms with van der Waals surface area (Å²) in [7, 11) is -3.68. The van der Waals surface area contributed by atoms with Crippen molar-refractivity contribution >= 4 is 21.2 Å². The molecule has 0 aliphatic heterocycles. The SMILES string of the molecule is CCOc1ccc(-c2nc(CS(=O)(=O)C(C)c3nc(-c4ccc(C)c(F)c4)no3)cs2)cc1. The fraction of sp³-hybridized carbons (Fsp3) is 0.261. The molecular formula is C23H22FN3O4S2. The van der Waals surface area contributed by atoms with Crippen LogP contribution in [0.2, 0.25) is 0 Å². The molecule has 33 heavy (non-hydrogen) atoms. The number of aryl methyl sites for hydroxylation is 1. The van der Waals surface area contributed by atoms with E-state index in [1.54, 1.807) is 24.4 Å². The molecule has 172 valence electrons. The minimum absolute atomic E-state index is 0.0482. The number of rotatable bonds is 8. The van der Waals surface area contributed by atoms with Crippen LogP contribution in [0.25, 0.3) is 22.0 Å². The van der Waals surface area contributed by atoms with Crippen LogP contribution in [0.5, 0.6) is 5.75 Å². The molecule has 7 nitrogen and oxygen atoms in total. The summed E-state index contributed by atoms with van der Waals surface area (Å²) < 4.78 is 50.4. The third-order valence-corrected chi connectivity index (χ3v) is 7.99. The summed E-state index contributed by atoms with van der Waals surface area (Å²) in [4.78, 5) is 8.66. The van der Waals surface area contributed by atoms with E-state index >= 15 is 0 Å². The van der Waals surface area contributed by atoms with Gasteiger partial charge in [0.25, 0.3) is 0 Å². The highest BCUT2D eigenvalue weighted by Gasteiger charge is 2.29.